The second-order valence-corrected chi connectivity index (χ2v) is 10.8. The van der Waals surface area contributed by atoms with Crippen LogP contribution in [0, 0.1) is 0 Å². The Kier molecular flexibility index (Phi) is 8.12. The summed E-state index contributed by atoms with van der Waals surface area (Å²) in [5.74, 6) is 0.543. The summed E-state index contributed by atoms with van der Waals surface area (Å²) in [6, 6.07) is 1.00. The van der Waals surface area contributed by atoms with Crippen LogP contribution >= 0.6 is 0 Å². The van der Waals surface area contributed by atoms with Crippen molar-refractivity contribution in [2.75, 3.05) is 13.1 Å². The van der Waals surface area contributed by atoms with Crippen LogP contribution in [0.3, 0.4) is 0 Å². The molecule has 0 radical (unpaired) electrons. The standard InChI is InChI=1S/C23H36N6O7/c1-22(2,3)34-19(30)25-18(26-20(31)35-23(4,5)6)24-11-7-8-15-12-16(27-36-15)17-10-9-14-13-28(17)21(32)29(14)33/h12,14,17,33H,7-11,13H2,1-6H3,(H2,24,25,26,30,31)/t14-,17-/m0/s1. The molecule has 0 aromatic carbocycles. The number of ether oxygens (including phenoxy) is 2. The van der Waals surface area contributed by atoms with Crippen molar-refractivity contribution in [1.82, 2.24) is 25.8 Å². The molecule has 2 aliphatic rings. The van der Waals surface area contributed by atoms with Gasteiger partial charge in [0.05, 0.1) is 12.1 Å². The van der Waals surface area contributed by atoms with Crippen LogP contribution in [-0.2, 0) is 15.9 Å². The van der Waals surface area contributed by atoms with E-state index in [0.717, 1.165) is 5.06 Å². The Morgan fingerprint density at radius 2 is 1.89 bits per heavy atom. The molecule has 0 aliphatic carbocycles. The van der Waals surface area contributed by atoms with Crippen molar-refractivity contribution in [3.63, 3.8) is 0 Å². The summed E-state index contributed by atoms with van der Waals surface area (Å²) in [7, 11) is 0. The maximum atomic E-state index is 12.2. The van der Waals surface area contributed by atoms with Crippen LogP contribution in [0.2, 0.25) is 0 Å². The van der Waals surface area contributed by atoms with Crippen molar-refractivity contribution in [3.8, 4) is 0 Å². The highest BCUT2D eigenvalue weighted by atomic mass is 16.6. The molecule has 3 heterocycles. The molecule has 1 aromatic heterocycles. The van der Waals surface area contributed by atoms with Gasteiger partial charge in [0, 0.05) is 25.6 Å². The minimum Gasteiger partial charge on any atom is -0.444 e. The van der Waals surface area contributed by atoms with Gasteiger partial charge in [-0.1, -0.05) is 5.16 Å². The molecular formula is C23H36N6O7. The molecule has 200 valence electrons. The van der Waals surface area contributed by atoms with E-state index >= 15 is 0 Å². The fourth-order valence-corrected chi connectivity index (χ4v) is 3.92. The molecule has 2 fully saturated rings. The average molecular weight is 509 g/mol. The van der Waals surface area contributed by atoms with Gasteiger partial charge in [-0.2, -0.15) is 0 Å². The number of guanidine groups is 1. The molecule has 3 rings (SSSR count). The number of urea groups is 1. The molecule has 0 saturated carbocycles. The summed E-state index contributed by atoms with van der Waals surface area (Å²) in [5, 5.41) is 20.1. The van der Waals surface area contributed by atoms with E-state index in [0.29, 0.717) is 50.2 Å². The zero-order valence-electron chi connectivity index (χ0n) is 21.7. The number of aliphatic imine (C=N–C) groups is 1. The van der Waals surface area contributed by atoms with Crippen LogP contribution in [0.5, 0.6) is 0 Å². The summed E-state index contributed by atoms with van der Waals surface area (Å²) in [4.78, 5) is 41.9. The Morgan fingerprint density at radius 1 is 1.19 bits per heavy atom. The number of nitrogens with one attached hydrogen (secondary N) is 2. The highest BCUT2D eigenvalue weighted by Gasteiger charge is 2.45. The molecule has 2 saturated heterocycles. The molecule has 2 aliphatic heterocycles. The first-order valence-electron chi connectivity index (χ1n) is 12.0. The molecule has 3 N–H and O–H groups in total. The molecule has 13 heteroatoms. The molecular weight excluding hydrogens is 472 g/mol. The fourth-order valence-electron chi connectivity index (χ4n) is 3.92. The normalized spacial score (nSPS) is 20.4. The molecule has 4 amide bonds. The number of piperidine rings is 1. The van der Waals surface area contributed by atoms with Gasteiger partial charge in [-0.3, -0.25) is 10.5 Å². The van der Waals surface area contributed by atoms with Crippen molar-refractivity contribution in [3.05, 3.63) is 17.5 Å². The number of aryl methyl sites for hydroxylation is 1. The second kappa shape index (κ2) is 10.7. The number of fused-ring (bicyclic) bond motifs is 2. The summed E-state index contributed by atoms with van der Waals surface area (Å²) in [6.45, 7) is 11.1. The van der Waals surface area contributed by atoms with Gasteiger partial charge in [-0.15, -0.1) is 4.99 Å². The van der Waals surface area contributed by atoms with Gasteiger partial charge in [-0.05, 0) is 60.8 Å². The maximum absolute atomic E-state index is 12.2. The highest BCUT2D eigenvalue weighted by Crippen LogP contribution is 2.37. The van der Waals surface area contributed by atoms with Crippen molar-refractivity contribution in [2.45, 2.75) is 90.5 Å². The smallest absolute Gasteiger partial charge is 0.437 e. The van der Waals surface area contributed by atoms with Crippen LogP contribution in [-0.4, -0.2) is 74.8 Å². The van der Waals surface area contributed by atoms with Crippen molar-refractivity contribution < 1.29 is 33.6 Å². The minimum absolute atomic E-state index is 0.0883. The number of hydrogen-bond donors (Lipinski definition) is 3. The first-order valence-corrected chi connectivity index (χ1v) is 12.0. The first kappa shape index (κ1) is 27.2. The van der Waals surface area contributed by atoms with Gasteiger partial charge < -0.3 is 24.2 Å². The van der Waals surface area contributed by atoms with Crippen molar-refractivity contribution in [1.29, 1.82) is 0 Å². The monoisotopic (exact) mass is 508 g/mol. The molecule has 13 nitrogen and oxygen atoms in total. The predicted molar refractivity (Wildman–Crippen MR) is 127 cm³/mol. The average Bonchev–Trinajstić information content (AvgIpc) is 3.28. The Balaban J connectivity index is 1.54. The fraction of sp³-hybridized carbons (Fsp3) is 0.696. The van der Waals surface area contributed by atoms with Gasteiger partial charge in [0.1, 0.15) is 22.7 Å². The lowest BCUT2D eigenvalue weighted by Crippen LogP contribution is -2.44. The third kappa shape index (κ3) is 7.57. The van der Waals surface area contributed by atoms with Crippen molar-refractivity contribution in [2.24, 2.45) is 4.99 Å². The number of hydroxylamine groups is 2. The SMILES string of the molecule is CC(C)(C)OC(=O)/N=C(\NCCCc1cc([C@@H]2CC[C@H]3CN2C(=O)N3O)no1)NC(=O)OC(C)(C)C. The number of carbonyl (C=O) groups is 3. The number of hydrogen-bond acceptors (Lipinski definition) is 8. The zero-order valence-corrected chi connectivity index (χ0v) is 21.7. The summed E-state index contributed by atoms with van der Waals surface area (Å²) >= 11 is 0. The van der Waals surface area contributed by atoms with Crippen LogP contribution in [0.15, 0.2) is 15.6 Å². The van der Waals surface area contributed by atoms with Gasteiger partial charge in [-0.25, -0.2) is 19.4 Å². The van der Waals surface area contributed by atoms with Gasteiger partial charge in [0.15, 0.2) is 0 Å². The van der Waals surface area contributed by atoms with E-state index in [9.17, 15) is 19.6 Å². The first-order chi connectivity index (χ1) is 16.7. The number of carbonyl (C=O) groups excluding carboxylic acids is 3. The van der Waals surface area contributed by atoms with Crippen molar-refractivity contribution >= 4 is 24.2 Å². The quantitative estimate of drug-likeness (QED) is 0.235. The topological polar surface area (TPSA) is 159 Å². The number of aromatic nitrogens is 1. The van der Waals surface area contributed by atoms with Gasteiger partial charge in [0.25, 0.3) is 0 Å². The molecule has 0 spiro atoms. The van der Waals surface area contributed by atoms with Crippen LogP contribution in [0.1, 0.15) is 78.3 Å². The number of rotatable bonds is 5. The lowest BCUT2D eigenvalue weighted by Gasteiger charge is -2.28. The lowest BCUT2D eigenvalue weighted by atomic mass is 9.98. The second-order valence-electron chi connectivity index (χ2n) is 10.8. The lowest BCUT2D eigenvalue weighted by molar-refractivity contribution is -0.0584. The summed E-state index contributed by atoms with van der Waals surface area (Å²) in [5.41, 5.74) is -0.811. The van der Waals surface area contributed by atoms with E-state index in [-0.39, 0.29) is 18.0 Å². The zero-order chi connectivity index (χ0) is 26.7. The highest BCUT2D eigenvalue weighted by molar-refractivity contribution is 5.98. The Hall–Kier alpha value is -3.35. The van der Waals surface area contributed by atoms with E-state index in [2.05, 4.69) is 20.8 Å². The summed E-state index contributed by atoms with van der Waals surface area (Å²) < 4.78 is 15.9. The largest absolute Gasteiger partial charge is 0.444 e. The number of amides is 4. The maximum Gasteiger partial charge on any atom is 0.437 e. The van der Waals surface area contributed by atoms with E-state index in [1.165, 1.54) is 0 Å². The van der Waals surface area contributed by atoms with Crippen LogP contribution < -0.4 is 10.6 Å². The molecule has 2 atom stereocenters. The number of nitrogens with zero attached hydrogens (tertiary/aromatic N) is 4. The third-order valence-corrected chi connectivity index (χ3v) is 5.37. The molecule has 2 bridgehead atoms. The van der Waals surface area contributed by atoms with Crippen LogP contribution in [0.4, 0.5) is 14.4 Å². The van der Waals surface area contributed by atoms with E-state index in [1.54, 1.807) is 46.4 Å². The molecule has 0 unspecified atom stereocenters. The van der Waals surface area contributed by atoms with E-state index in [4.69, 9.17) is 14.0 Å². The van der Waals surface area contributed by atoms with Crippen LogP contribution in [0.25, 0.3) is 0 Å². The Morgan fingerprint density at radius 3 is 2.56 bits per heavy atom. The number of alkyl carbamates (subject to hydrolysis) is 1. The Bertz CT molecular complexity index is 994. The van der Waals surface area contributed by atoms with E-state index < -0.39 is 29.4 Å². The molecule has 1 aromatic rings. The predicted octanol–water partition coefficient (Wildman–Crippen LogP) is 3.34. The van der Waals surface area contributed by atoms with Gasteiger partial charge in [0.2, 0.25) is 5.96 Å². The molecule has 36 heavy (non-hydrogen) atoms. The minimum atomic E-state index is -0.853. The van der Waals surface area contributed by atoms with E-state index in [1.807, 2.05) is 6.07 Å². The third-order valence-electron chi connectivity index (χ3n) is 5.37. The Labute approximate surface area is 210 Å². The van der Waals surface area contributed by atoms with Gasteiger partial charge >= 0.3 is 18.2 Å². The summed E-state index contributed by atoms with van der Waals surface area (Å²) in [6.07, 6.45) is 0.861.